The summed E-state index contributed by atoms with van der Waals surface area (Å²) in [5.74, 6) is -0.103. The summed E-state index contributed by atoms with van der Waals surface area (Å²) in [5.41, 5.74) is 2.58. The van der Waals surface area contributed by atoms with Gasteiger partial charge in [-0.1, -0.05) is 6.07 Å². The average molecular weight is 438 g/mol. The molecule has 2 aromatic carbocycles. The van der Waals surface area contributed by atoms with Crippen LogP contribution in [0.3, 0.4) is 0 Å². The van der Waals surface area contributed by atoms with Gasteiger partial charge >= 0.3 is 11.9 Å². The SMILES string of the molecule is CCOC(=O)C1=Cc2cc3c(cc2[C@H](c2ccc4c(c2)OCO4)[C@H]1C(=O)OCC)OCO3. The third-order valence-electron chi connectivity index (χ3n) is 5.70. The molecule has 0 saturated carbocycles. The van der Waals surface area contributed by atoms with Crippen molar-refractivity contribution in [1.29, 1.82) is 0 Å². The van der Waals surface area contributed by atoms with Gasteiger partial charge in [-0.3, -0.25) is 4.79 Å². The van der Waals surface area contributed by atoms with Gasteiger partial charge in [-0.2, -0.15) is 0 Å². The summed E-state index contributed by atoms with van der Waals surface area (Å²) < 4.78 is 32.8. The molecule has 0 radical (unpaired) electrons. The first-order chi connectivity index (χ1) is 15.6. The molecule has 0 N–H and O–H groups in total. The van der Waals surface area contributed by atoms with E-state index in [0.29, 0.717) is 23.0 Å². The third kappa shape index (κ3) is 3.32. The Morgan fingerprint density at radius 3 is 2.25 bits per heavy atom. The molecule has 166 valence electrons. The van der Waals surface area contributed by atoms with Gasteiger partial charge in [0.1, 0.15) is 0 Å². The van der Waals surface area contributed by atoms with Gasteiger partial charge in [0.25, 0.3) is 0 Å². The number of esters is 2. The average Bonchev–Trinajstić information content (AvgIpc) is 3.44. The lowest BCUT2D eigenvalue weighted by Gasteiger charge is -2.32. The summed E-state index contributed by atoms with van der Waals surface area (Å²) in [6, 6.07) is 9.18. The number of fused-ring (bicyclic) bond motifs is 3. The molecule has 0 aromatic heterocycles. The Labute approximate surface area is 184 Å². The van der Waals surface area contributed by atoms with Crippen molar-refractivity contribution in [1.82, 2.24) is 0 Å². The first-order valence-electron chi connectivity index (χ1n) is 10.5. The maximum absolute atomic E-state index is 13.2. The summed E-state index contributed by atoms with van der Waals surface area (Å²) in [7, 11) is 0. The highest BCUT2D eigenvalue weighted by molar-refractivity contribution is 6.02. The zero-order valence-electron chi connectivity index (χ0n) is 17.7. The smallest absolute Gasteiger partial charge is 0.334 e. The predicted octanol–water partition coefficient (Wildman–Crippen LogP) is 3.42. The first kappa shape index (κ1) is 20.2. The summed E-state index contributed by atoms with van der Waals surface area (Å²) in [6.07, 6.45) is 1.68. The van der Waals surface area contributed by atoms with Crippen LogP contribution in [-0.2, 0) is 19.1 Å². The summed E-state index contributed by atoms with van der Waals surface area (Å²) >= 11 is 0. The van der Waals surface area contributed by atoms with Crippen LogP contribution in [0.15, 0.2) is 35.9 Å². The molecule has 0 saturated heterocycles. The van der Waals surface area contributed by atoms with Crippen LogP contribution in [-0.4, -0.2) is 38.7 Å². The standard InChI is InChI=1S/C24H22O8/c1-3-27-23(25)16-7-14-9-19-20(32-12-31-19)10-15(14)21(22(16)24(26)28-4-2)13-5-6-17-18(8-13)30-11-29-17/h5-10,21-22H,3-4,11-12H2,1-2H3/t21-,22-/m0/s1. The summed E-state index contributed by atoms with van der Waals surface area (Å²) in [6.45, 7) is 4.08. The predicted molar refractivity (Wildman–Crippen MR) is 112 cm³/mol. The second-order valence-electron chi connectivity index (χ2n) is 7.47. The number of benzene rings is 2. The molecule has 8 nitrogen and oxygen atoms in total. The quantitative estimate of drug-likeness (QED) is 0.656. The number of carbonyl (C=O) groups excluding carboxylic acids is 2. The first-order valence-corrected chi connectivity index (χ1v) is 10.5. The van der Waals surface area contributed by atoms with Gasteiger partial charge in [0.05, 0.1) is 24.7 Å². The maximum atomic E-state index is 13.2. The van der Waals surface area contributed by atoms with Crippen LogP contribution < -0.4 is 18.9 Å². The Balaban J connectivity index is 1.71. The highest BCUT2D eigenvalue weighted by Gasteiger charge is 2.43. The van der Waals surface area contributed by atoms with Crippen molar-refractivity contribution < 1.29 is 38.0 Å². The summed E-state index contributed by atoms with van der Waals surface area (Å²) in [5, 5.41) is 0. The number of hydrogen-bond acceptors (Lipinski definition) is 8. The van der Waals surface area contributed by atoms with Crippen molar-refractivity contribution in [3.63, 3.8) is 0 Å². The van der Waals surface area contributed by atoms with E-state index in [1.54, 1.807) is 26.0 Å². The fraction of sp³-hybridized carbons (Fsp3) is 0.333. The van der Waals surface area contributed by atoms with Gasteiger partial charge in [0, 0.05) is 5.92 Å². The highest BCUT2D eigenvalue weighted by atomic mass is 16.7. The Morgan fingerprint density at radius 1 is 0.875 bits per heavy atom. The van der Waals surface area contributed by atoms with Crippen molar-refractivity contribution in [3.8, 4) is 23.0 Å². The van der Waals surface area contributed by atoms with Gasteiger partial charge in [0.15, 0.2) is 23.0 Å². The van der Waals surface area contributed by atoms with Crippen molar-refractivity contribution in [2.24, 2.45) is 5.92 Å². The zero-order valence-corrected chi connectivity index (χ0v) is 17.7. The van der Waals surface area contributed by atoms with E-state index in [4.69, 9.17) is 28.4 Å². The molecule has 2 atom stereocenters. The van der Waals surface area contributed by atoms with E-state index >= 15 is 0 Å². The fourth-order valence-corrected chi connectivity index (χ4v) is 4.36. The van der Waals surface area contributed by atoms with Crippen LogP contribution in [0.25, 0.3) is 6.08 Å². The minimum atomic E-state index is -0.901. The Hall–Kier alpha value is -3.68. The minimum Gasteiger partial charge on any atom is -0.465 e. The van der Waals surface area contributed by atoms with E-state index < -0.39 is 23.8 Å². The molecule has 0 unspecified atom stereocenters. The van der Waals surface area contributed by atoms with Gasteiger partial charge in [-0.15, -0.1) is 0 Å². The fourth-order valence-electron chi connectivity index (χ4n) is 4.36. The molecule has 0 bridgehead atoms. The van der Waals surface area contributed by atoms with E-state index in [1.807, 2.05) is 24.3 Å². The third-order valence-corrected chi connectivity index (χ3v) is 5.70. The van der Waals surface area contributed by atoms with Crippen LogP contribution in [0.4, 0.5) is 0 Å². The van der Waals surface area contributed by atoms with Crippen molar-refractivity contribution in [2.75, 3.05) is 26.8 Å². The molecule has 0 spiro atoms. The monoisotopic (exact) mass is 438 g/mol. The van der Waals surface area contributed by atoms with Gasteiger partial charge in [-0.05, 0) is 60.9 Å². The molecule has 0 amide bonds. The van der Waals surface area contributed by atoms with E-state index in [-0.39, 0.29) is 32.4 Å². The number of ether oxygens (including phenoxy) is 6. The lowest BCUT2D eigenvalue weighted by molar-refractivity contribution is -0.150. The van der Waals surface area contributed by atoms with E-state index in [9.17, 15) is 9.59 Å². The maximum Gasteiger partial charge on any atom is 0.334 e. The number of rotatable bonds is 5. The molecule has 8 heteroatoms. The van der Waals surface area contributed by atoms with Gasteiger partial charge in [0.2, 0.25) is 13.6 Å². The molecule has 2 aromatic rings. The second kappa shape index (κ2) is 8.11. The molecule has 3 aliphatic rings. The van der Waals surface area contributed by atoms with Crippen LogP contribution in [0.2, 0.25) is 0 Å². The second-order valence-corrected chi connectivity index (χ2v) is 7.47. The number of hydrogen-bond donors (Lipinski definition) is 0. The van der Waals surface area contributed by atoms with Crippen LogP contribution in [0, 0.1) is 5.92 Å². The van der Waals surface area contributed by atoms with Crippen molar-refractivity contribution in [3.05, 3.63) is 52.6 Å². The van der Waals surface area contributed by atoms with Gasteiger partial charge < -0.3 is 28.4 Å². The molecule has 0 fully saturated rings. The van der Waals surface area contributed by atoms with Crippen molar-refractivity contribution >= 4 is 18.0 Å². The highest BCUT2D eigenvalue weighted by Crippen LogP contribution is 2.49. The van der Waals surface area contributed by atoms with Crippen LogP contribution >= 0.6 is 0 Å². The Morgan fingerprint density at radius 2 is 1.53 bits per heavy atom. The molecule has 2 heterocycles. The number of carbonyl (C=O) groups is 2. The zero-order chi connectivity index (χ0) is 22.2. The largest absolute Gasteiger partial charge is 0.465 e. The van der Waals surface area contributed by atoms with Crippen molar-refractivity contribution in [2.45, 2.75) is 19.8 Å². The topological polar surface area (TPSA) is 89.5 Å². The Bertz CT molecular complexity index is 1120. The minimum absolute atomic E-state index is 0.114. The van der Waals surface area contributed by atoms with E-state index in [2.05, 4.69) is 0 Å². The normalized spacial score (nSPS) is 19.8. The molecule has 5 rings (SSSR count). The molecule has 2 aliphatic heterocycles. The lowest BCUT2D eigenvalue weighted by Crippen LogP contribution is -2.33. The van der Waals surface area contributed by atoms with Crippen LogP contribution in [0.1, 0.15) is 36.5 Å². The van der Waals surface area contributed by atoms with E-state index in [1.165, 1.54) is 0 Å². The van der Waals surface area contributed by atoms with Crippen LogP contribution in [0.5, 0.6) is 23.0 Å². The molecular weight excluding hydrogens is 416 g/mol. The Kier molecular flexibility index (Phi) is 5.13. The molecule has 32 heavy (non-hydrogen) atoms. The summed E-state index contributed by atoms with van der Waals surface area (Å²) in [4.78, 5) is 26.1. The molecule has 1 aliphatic carbocycles. The lowest BCUT2D eigenvalue weighted by atomic mass is 9.71. The van der Waals surface area contributed by atoms with Gasteiger partial charge in [-0.25, -0.2) is 4.79 Å². The van der Waals surface area contributed by atoms with E-state index in [0.717, 1.165) is 16.7 Å². The molecular formula is C24H22O8.